The molecule has 338 valence electrons. The molecule has 2 atom stereocenters. The van der Waals surface area contributed by atoms with Gasteiger partial charge in [-0.2, -0.15) is 0 Å². The van der Waals surface area contributed by atoms with Crippen LogP contribution >= 0.6 is 0 Å². The number of aliphatic hydroxyl groups is 1. The highest BCUT2D eigenvalue weighted by Crippen LogP contribution is 2.30. The number of pyridine rings is 1. The Morgan fingerprint density at radius 3 is 2.22 bits per heavy atom. The molecule has 0 unspecified atom stereocenters. The number of hydroxylamine groups is 2. The van der Waals surface area contributed by atoms with Gasteiger partial charge in [-0.05, 0) is 63.6 Å². The molecule has 0 spiro atoms. The van der Waals surface area contributed by atoms with Gasteiger partial charge in [0.1, 0.15) is 23.7 Å². The number of nitrogens with two attached hydrogens (primary N) is 1. The molecule has 5 rings (SSSR count). The summed E-state index contributed by atoms with van der Waals surface area (Å²) in [6.07, 6.45) is 1.21. The summed E-state index contributed by atoms with van der Waals surface area (Å²) in [7, 11) is 0. The molecule has 2 aromatic heterocycles. The number of nitrogens with zero attached hydrogens (tertiary/aromatic N) is 5. The summed E-state index contributed by atoms with van der Waals surface area (Å²) < 4.78 is 7.57. The number of nitrogen functional groups attached to an aromatic ring is 1. The van der Waals surface area contributed by atoms with Gasteiger partial charge in [0.2, 0.25) is 5.91 Å². The molecule has 0 aliphatic carbocycles. The molecule has 0 saturated carbocycles. The number of hydrogen-bond acceptors (Lipinski definition) is 13. The highest BCUT2D eigenvalue weighted by atomic mass is 16.7. The number of benzene rings is 2. The number of ketones is 2. The summed E-state index contributed by atoms with van der Waals surface area (Å²) in [6, 6.07) is 13.8. The van der Waals surface area contributed by atoms with Gasteiger partial charge in [-0.25, -0.2) is 19.6 Å². The smallest absolute Gasteiger partial charge is 0.410 e. The summed E-state index contributed by atoms with van der Waals surface area (Å²) in [5.74, 6) is -2.48. The Kier molecular flexibility index (Phi) is 16.1. The molecule has 17 nitrogen and oxygen atoms in total. The minimum atomic E-state index is -1.10. The standard InChI is InChI=1S/C46H59N7O10/c1-7-51(25-37-50-41-42(52(37)27-46(5,6)61)33-14-11-12-15-35(33)49-43(41)47)45(60)62-26-31-19-17-30(18-20-31)23-36(55)29(4)48-44(59)34(28(2)3)24-32(54)13-9-8-10-16-40(58)63-53-38(56)21-22-39(53)57/h11-12,14-15,17-20,28-29,34,61H,7-10,13,16,21-27H2,1-6H3,(H2,47,49)(H,48,59)/t29-,34-/m0/s1. The van der Waals surface area contributed by atoms with Crippen LogP contribution in [0.5, 0.6) is 0 Å². The van der Waals surface area contributed by atoms with E-state index < -0.39 is 41.4 Å². The van der Waals surface area contributed by atoms with E-state index in [0.29, 0.717) is 58.9 Å². The molecule has 0 radical (unpaired) electrons. The second-order valence-corrected chi connectivity index (χ2v) is 17.1. The van der Waals surface area contributed by atoms with Crippen LogP contribution in [-0.4, -0.2) is 89.1 Å². The van der Waals surface area contributed by atoms with E-state index in [1.165, 1.54) is 4.90 Å². The van der Waals surface area contributed by atoms with Gasteiger partial charge in [-0.15, -0.1) is 5.06 Å². The van der Waals surface area contributed by atoms with Crippen LogP contribution in [-0.2, 0) is 64.5 Å². The minimum absolute atomic E-state index is 0.000751. The quantitative estimate of drug-likeness (QED) is 0.0655. The number of anilines is 1. The number of hydrogen-bond donors (Lipinski definition) is 3. The maximum absolute atomic E-state index is 13.4. The van der Waals surface area contributed by atoms with Crippen molar-refractivity contribution >= 4 is 69.1 Å². The first-order chi connectivity index (χ1) is 29.8. The summed E-state index contributed by atoms with van der Waals surface area (Å²) in [5.41, 5.74) is 8.55. The maximum Gasteiger partial charge on any atom is 0.410 e. The third-order valence-corrected chi connectivity index (χ3v) is 10.9. The molecule has 4 amide bonds. The molecule has 3 heterocycles. The van der Waals surface area contributed by atoms with Crippen molar-refractivity contribution in [2.24, 2.45) is 11.8 Å². The van der Waals surface area contributed by atoms with Gasteiger partial charge in [-0.1, -0.05) is 62.7 Å². The Balaban J connectivity index is 1.07. The molecule has 17 heteroatoms. The van der Waals surface area contributed by atoms with Crippen molar-refractivity contribution in [1.29, 1.82) is 0 Å². The van der Waals surface area contributed by atoms with Crippen LogP contribution in [0.15, 0.2) is 48.5 Å². The molecular weight excluding hydrogens is 811 g/mol. The van der Waals surface area contributed by atoms with E-state index in [-0.39, 0.29) is 87.4 Å². The zero-order chi connectivity index (χ0) is 46.0. The van der Waals surface area contributed by atoms with Crippen LogP contribution < -0.4 is 11.1 Å². The predicted molar refractivity (Wildman–Crippen MR) is 233 cm³/mol. The van der Waals surface area contributed by atoms with Crippen LogP contribution in [0.3, 0.4) is 0 Å². The summed E-state index contributed by atoms with van der Waals surface area (Å²) in [5, 5.41) is 15.0. The Morgan fingerprint density at radius 2 is 1.57 bits per heavy atom. The number of unbranched alkanes of at least 4 members (excludes halogenated alkanes) is 2. The van der Waals surface area contributed by atoms with Crippen molar-refractivity contribution in [2.45, 2.75) is 131 Å². The van der Waals surface area contributed by atoms with Crippen LogP contribution in [0.1, 0.15) is 110 Å². The SMILES string of the molecule is CCN(Cc1nc2c(N)nc3ccccc3c2n1CC(C)(C)O)C(=O)OCc1ccc(CC(=O)[C@H](C)NC(=O)[C@@H](CC(=O)CCCCCC(=O)ON2C(=O)CCC2=O)C(C)C)cc1. The third-order valence-electron chi connectivity index (χ3n) is 10.9. The molecule has 1 aliphatic heterocycles. The molecule has 1 aliphatic rings. The fraction of sp³-hybridized carbons (Fsp3) is 0.500. The highest BCUT2D eigenvalue weighted by Gasteiger charge is 2.33. The van der Waals surface area contributed by atoms with Crippen molar-refractivity contribution in [1.82, 2.24) is 29.8 Å². The maximum atomic E-state index is 13.4. The van der Waals surface area contributed by atoms with Gasteiger partial charge in [0.15, 0.2) is 11.6 Å². The van der Waals surface area contributed by atoms with Gasteiger partial charge in [0.05, 0.1) is 35.8 Å². The molecule has 0 bridgehead atoms. The second-order valence-electron chi connectivity index (χ2n) is 17.1. The number of imidazole rings is 1. The van der Waals surface area contributed by atoms with Gasteiger partial charge >= 0.3 is 12.1 Å². The fourth-order valence-electron chi connectivity index (χ4n) is 7.36. The van der Waals surface area contributed by atoms with E-state index in [0.717, 1.165) is 10.9 Å². The summed E-state index contributed by atoms with van der Waals surface area (Å²) >= 11 is 0. The number of carbonyl (C=O) groups excluding carboxylic acids is 7. The average Bonchev–Trinajstić information content (AvgIpc) is 3.74. The van der Waals surface area contributed by atoms with E-state index in [9.17, 15) is 38.7 Å². The van der Waals surface area contributed by atoms with Crippen LogP contribution in [0.2, 0.25) is 0 Å². The number of aromatic nitrogens is 3. The molecule has 1 saturated heterocycles. The van der Waals surface area contributed by atoms with Crippen molar-refractivity contribution in [3.63, 3.8) is 0 Å². The normalized spacial score (nSPS) is 14.0. The molecule has 2 aromatic carbocycles. The Bertz CT molecular complexity index is 2320. The summed E-state index contributed by atoms with van der Waals surface area (Å²) in [4.78, 5) is 104. The lowest BCUT2D eigenvalue weighted by atomic mass is 9.88. The number of amides is 4. The average molecular weight is 870 g/mol. The van der Waals surface area contributed by atoms with Crippen molar-refractivity contribution < 1.29 is 48.2 Å². The fourth-order valence-corrected chi connectivity index (χ4v) is 7.36. The number of fused-ring (bicyclic) bond motifs is 3. The van der Waals surface area contributed by atoms with Gasteiger partial charge in [-0.3, -0.25) is 24.0 Å². The number of carbonyl (C=O) groups is 7. The highest BCUT2D eigenvalue weighted by molar-refractivity contribution is 6.06. The summed E-state index contributed by atoms with van der Waals surface area (Å²) in [6.45, 7) is 11.1. The zero-order valence-corrected chi connectivity index (χ0v) is 37.0. The Labute approximate surface area is 366 Å². The first-order valence-electron chi connectivity index (χ1n) is 21.5. The molecule has 4 aromatic rings. The number of imide groups is 1. The van der Waals surface area contributed by atoms with E-state index in [2.05, 4.69) is 10.3 Å². The van der Waals surface area contributed by atoms with E-state index in [1.54, 1.807) is 45.0 Å². The lowest BCUT2D eigenvalue weighted by molar-refractivity contribution is -0.197. The Morgan fingerprint density at radius 1 is 0.921 bits per heavy atom. The monoisotopic (exact) mass is 869 g/mol. The molecule has 4 N–H and O–H groups in total. The lowest BCUT2D eigenvalue weighted by Gasteiger charge is -2.24. The van der Waals surface area contributed by atoms with Crippen molar-refractivity contribution in [2.75, 3.05) is 12.3 Å². The largest absolute Gasteiger partial charge is 0.445 e. The molecule has 1 fully saturated rings. The van der Waals surface area contributed by atoms with Crippen molar-refractivity contribution in [3.8, 4) is 0 Å². The van der Waals surface area contributed by atoms with Crippen LogP contribution in [0, 0.1) is 11.8 Å². The second kappa shape index (κ2) is 21.2. The van der Waals surface area contributed by atoms with Crippen LogP contribution in [0.25, 0.3) is 21.9 Å². The molecule has 63 heavy (non-hydrogen) atoms. The number of rotatable bonds is 22. The third kappa shape index (κ3) is 12.9. The topological polar surface area (TPSA) is 233 Å². The number of Topliss-reactive ketones (excluding diaryl/α,β-unsaturated/α-hetero) is 2. The van der Waals surface area contributed by atoms with Crippen LogP contribution in [0.4, 0.5) is 10.6 Å². The van der Waals surface area contributed by atoms with E-state index in [4.69, 9.17) is 20.3 Å². The number of para-hydroxylation sites is 1. The zero-order valence-electron chi connectivity index (χ0n) is 37.0. The Hall–Kier alpha value is -6.23. The first kappa shape index (κ1) is 47.8. The van der Waals surface area contributed by atoms with Gasteiger partial charge in [0, 0.05) is 56.4 Å². The van der Waals surface area contributed by atoms with E-state index in [1.807, 2.05) is 49.6 Å². The van der Waals surface area contributed by atoms with Crippen molar-refractivity contribution in [3.05, 3.63) is 65.5 Å². The van der Waals surface area contributed by atoms with E-state index >= 15 is 0 Å². The minimum Gasteiger partial charge on any atom is -0.445 e. The number of nitrogens with one attached hydrogen (secondary N) is 1. The first-order valence-corrected chi connectivity index (χ1v) is 21.5. The van der Waals surface area contributed by atoms with Gasteiger partial charge < -0.3 is 35.2 Å². The lowest BCUT2D eigenvalue weighted by Crippen LogP contribution is -2.44. The van der Waals surface area contributed by atoms with Gasteiger partial charge in [0.25, 0.3) is 11.8 Å². The predicted octanol–water partition coefficient (Wildman–Crippen LogP) is 5.50. The number of ether oxygens (including phenoxy) is 1. The molecular formula is C46H59N7O10.